The smallest absolute Gasteiger partial charge is 0.295 e. The van der Waals surface area contributed by atoms with Gasteiger partial charge in [-0.05, 0) is 18.2 Å². The number of aromatic amines is 1. The lowest BCUT2D eigenvalue weighted by atomic mass is 10.2. The molecule has 0 amide bonds. The van der Waals surface area contributed by atoms with E-state index in [2.05, 4.69) is 15.5 Å². The molecule has 1 saturated heterocycles. The lowest BCUT2D eigenvalue weighted by Crippen LogP contribution is -2.40. The molecule has 1 aromatic heterocycles. The van der Waals surface area contributed by atoms with E-state index < -0.39 is 14.9 Å². The van der Waals surface area contributed by atoms with Crippen LogP contribution in [-0.4, -0.2) is 55.1 Å². The summed E-state index contributed by atoms with van der Waals surface area (Å²) in [6, 6.07) is 11.4. The lowest BCUT2D eigenvalue weighted by molar-refractivity contribution is -0.384. The minimum absolute atomic E-state index is 0.0945. The Bertz CT molecular complexity index is 1220. The number of aromatic nitrogens is 1. The fraction of sp³-hybridized carbons (Fsp3) is 0.211. The number of para-hydroxylation sites is 1. The first-order chi connectivity index (χ1) is 14.5. The number of nitro groups is 1. The van der Waals surface area contributed by atoms with Crippen molar-refractivity contribution < 1.29 is 18.1 Å². The van der Waals surface area contributed by atoms with E-state index >= 15 is 0 Å². The van der Waals surface area contributed by atoms with Crippen molar-refractivity contribution in [3.05, 3.63) is 64.3 Å². The number of rotatable bonds is 6. The van der Waals surface area contributed by atoms with Gasteiger partial charge in [0.25, 0.3) is 5.69 Å². The van der Waals surface area contributed by atoms with E-state index in [0.29, 0.717) is 13.2 Å². The van der Waals surface area contributed by atoms with Crippen LogP contribution in [0.4, 0.5) is 11.4 Å². The van der Waals surface area contributed by atoms with Gasteiger partial charge in [-0.3, -0.25) is 15.5 Å². The van der Waals surface area contributed by atoms with Gasteiger partial charge in [-0.1, -0.05) is 18.2 Å². The Morgan fingerprint density at radius 1 is 1.20 bits per heavy atom. The summed E-state index contributed by atoms with van der Waals surface area (Å²) in [5.41, 5.74) is 4.12. The fourth-order valence-corrected chi connectivity index (χ4v) is 4.65. The molecule has 0 aliphatic carbocycles. The summed E-state index contributed by atoms with van der Waals surface area (Å²) in [4.78, 5) is 13.9. The van der Waals surface area contributed by atoms with Crippen molar-refractivity contribution in [1.82, 2.24) is 9.29 Å². The van der Waals surface area contributed by atoms with Crippen LogP contribution in [0, 0.1) is 10.1 Å². The number of nitrogens with zero attached hydrogens (tertiary/aromatic N) is 3. The first kappa shape index (κ1) is 20.0. The highest BCUT2D eigenvalue weighted by Crippen LogP contribution is 2.29. The van der Waals surface area contributed by atoms with E-state index in [1.807, 2.05) is 24.3 Å². The standard InChI is InChI=1S/C19H19N5O5S/c25-24(26)19-11-15(30(27,28)23-7-9-29-10-8-23)5-6-18(19)22-21-13-14-12-20-17-4-2-1-3-16(14)17/h1-6,11-13,20,22H,7-10H2/b21-13+. The third-order valence-electron chi connectivity index (χ3n) is 4.78. The van der Waals surface area contributed by atoms with Crippen LogP contribution in [0.1, 0.15) is 5.56 Å². The maximum atomic E-state index is 12.8. The average molecular weight is 429 g/mol. The maximum absolute atomic E-state index is 12.8. The van der Waals surface area contributed by atoms with Gasteiger partial charge in [0, 0.05) is 41.8 Å². The van der Waals surface area contributed by atoms with Crippen molar-refractivity contribution in [3.63, 3.8) is 0 Å². The normalized spacial score (nSPS) is 15.6. The van der Waals surface area contributed by atoms with Gasteiger partial charge in [-0.15, -0.1) is 0 Å². The van der Waals surface area contributed by atoms with Crippen LogP contribution >= 0.6 is 0 Å². The predicted octanol–water partition coefficient (Wildman–Crippen LogP) is 2.54. The molecule has 0 spiro atoms. The third kappa shape index (κ3) is 3.90. The van der Waals surface area contributed by atoms with Gasteiger partial charge in [0.05, 0.1) is 29.2 Å². The average Bonchev–Trinajstić information content (AvgIpc) is 3.17. The summed E-state index contributed by atoms with van der Waals surface area (Å²) < 4.78 is 32.0. The quantitative estimate of drug-likeness (QED) is 0.352. The number of ether oxygens (including phenoxy) is 1. The molecular formula is C19H19N5O5S. The number of nitro benzene ring substituents is 1. The zero-order valence-corrected chi connectivity index (χ0v) is 16.6. The molecule has 3 aromatic rings. The van der Waals surface area contributed by atoms with Crippen LogP contribution in [0.15, 0.2) is 58.7 Å². The number of anilines is 1. The van der Waals surface area contributed by atoms with Gasteiger partial charge in [0.2, 0.25) is 10.0 Å². The summed E-state index contributed by atoms with van der Waals surface area (Å²) in [7, 11) is -3.84. The molecule has 0 atom stereocenters. The molecule has 2 aromatic carbocycles. The van der Waals surface area contributed by atoms with Crippen molar-refractivity contribution in [2.45, 2.75) is 4.90 Å². The molecule has 2 N–H and O–H groups in total. The number of fused-ring (bicyclic) bond motifs is 1. The predicted molar refractivity (Wildman–Crippen MR) is 112 cm³/mol. The van der Waals surface area contributed by atoms with E-state index in [1.165, 1.54) is 16.4 Å². The monoisotopic (exact) mass is 429 g/mol. The molecule has 156 valence electrons. The molecule has 1 fully saturated rings. The number of hydrogen-bond donors (Lipinski definition) is 2. The molecule has 0 unspecified atom stereocenters. The fourth-order valence-electron chi connectivity index (χ4n) is 3.23. The van der Waals surface area contributed by atoms with E-state index in [1.54, 1.807) is 12.4 Å². The molecule has 11 heteroatoms. The van der Waals surface area contributed by atoms with E-state index in [4.69, 9.17) is 4.74 Å². The minimum atomic E-state index is -3.84. The number of hydrogen-bond acceptors (Lipinski definition) is 7. The van der Waals surface area contributed by atoms with Gasteiger partial charge in [0.1, 0.15) is 5.69 Å². The van der Waals surface area contributed by atoms with Gasteiger partial charge >= 0.3 is 0 Å². The highest BCUT2D eigenvalue weighted by molar-refractivity contribution is 7.89. The third-order valence-corrected chi connectivity index (χ3v) is 6.68. The first-order valence-electron chi connectivity index (χ1n) is 9.18. The van der Waals surface area contributed by atoms with E-state index in [9.17, 15) is 18.5 Å². The van der Waals surface area contributed by atoms with E-state index in [0.717, 1.165) is 22.5 Å². The second-order valence-electron chi connectivity index (χ2n) is 6.61. The molecular weight excluding hydrogens is 410 g/mol. The minimum Gasteiger partial charge on any atom is -0.379 e. The largest absolute Gasteiger partial charge is 0.379 e. The summed E-state index contributed by atoms with van der Waals surface area (Å²) in [5.74, 6) is 0. The number of morpholine rings is 1. The van der Waals surface area contributed by atoms with Gasteiger partial charge in [-0.2, -0.15) is 9.41 Å². The van der Waals surface area contributed by atoms with Crippen LogP contribution in [0.2, 0.25) is 0 Å². The maximum Gasteiger partial charge on any atom is 0.295 e. The van der Waals surface area contributed by atoms with Crippen LogP contribution in [0.5, 0.6) is 0 Å². The van der Waals surface area contributed by atoms with Crippen LogP contribution < -0.4 is 5.43 Å². The van der Waals surface area contributed by atoms with Crippen molar-refractivity contribution in [2.24, 2.45) is 5.10 Å². The lowest BCUT2D eigenvalue weighted by Gasteiger charge is -2.26. The number of nitrogens with one attached hydrogen (secondary N) is 2. The summed E-state index contributed by atoms with van der Waals surface area (Å²) in [6.45, 7) is 1.02. The summed E-state index contributed by atoms with van der Waals surface area (Å²) >= 11 is 0. The van der Waals surface area contributed by atoms with Crippen molar-refractivity contribution >= 4 is 38.5 Å². The Labute approximate surface area is 172 Å². The second-order valence-corrected chi connectivity index (χ2v) is 8.55. The molecule has 0 radical (unpaired) electrons. The van der Waals surface area contributed by atoms with Crippen molar-refractivity contribution in [3.8, 4) is 0 Å². The molecule has 30 heavy (non-hydrogen) atoms. The zero-order chi connectivity index (χ0) is 21.1. The van der Waals surface area contributed by atoms with Gasteiger partial charge in [0.15, 0.2) is 0 Å². The Balaban J connectivity index is 1.58. The van der Waals surface area contributed by atoms with Crippen LogP contribution in [0.25, 0.3) is 10.9 Å². The molecule has 2 heterocycles. The Hall–Kier alpha value is -3.28. The topological polar surface area (TPSA) is 130 Å². The number of H-pyrrole nitrogens is 1. The van der Waals surface area contributed by atoms with Crippen LogP contribution in [0.3, 0.4) is 0 Å². The van der Waals surface area contributed by atoms with Gasteiger partial charge < -0.3 is 9.72 Å². The molecule has 0 saturated carbocycles. The number of sulfonamides is 1. The van der Waals surface area contributed by atoms with E-state index in [-0.39, 0.29) is 29.4 Å². The van der Waals surface area contributed by atoms with Crippen molar-refractivity contribution in [2.75, 3.05) is 31.7 Å². The molecule has 1 aliphatic rings. The highest BCUT2D eigenvalue weighted by Gasteiger charge is 2.28. The Kier molecular flexibility index (Phi) is 5.48. The SMILES string of the molecule is O=[N+]([O-])c1cc(S(=O)(=O)N2CCOCC2)ccc1N/N=C/c1c[nH]c2ccccc12. The number of hydrazone groups is 1. The Morgan fingerprint density at radius 2 is 1.97 bits per heavy atom. The highest BCUT2D eigenvalue weighted by atomic mass is 32.2. The second kappa shape index (κ2) is 8.22. The summed E-state index contributed by atoms with van der Waals surface area (Å²) in [6.07, 6.45) is 3.32. The Morgan fingerprint density at radius 3 is 2.73 bits per heavy atom. The first-order valence-corrected chi connectivity index (χ1v) is 10.6. The molecule has 0 bridgehead atoms. The molecule has 4 rings (SSSR count). The van der Waals surface area contributed by atoms with Crippen molar-refractivity contribution in [1.29, 1.82) is 0 Å². The van der Waals surface area contributed by atoms with Crippen LogP contribution in [-0.2, 0) is 14.8 Å². The molecule has 10 nitrogen and oxygen atoms in total. The number of benzene rings is 2. The zero-order valence-electron chi connectivity index (χ0n) is 15.8. The molecule has 1 aliphatic heterocycles. The van der Waals surface area contributed by atoms with Gasteiger partial charge in [-0.25, -0.2) is 8.42 Å². The summed E-state index contributed by atoms with van der Waals surface area (Å²) in [5, 5.41) is 16.6.